The Morgan fingerprint density at radius 3 is 2.07 bits per heavy atom. The molecule has 1 unspecified atom stereocenters. The van der Waals surface area contributed by atoms with E-state index >= 15 is 0 Å². The molecule has 0 rings (SSSR count). The fourth-order valence-electron chi connectivity index (χ4n) is 0.386. The van der Waals surface area contributed by atoms with Crippen molar-refractivity contribution in [2.75, 3.05) is 6.61 Å². The zero-order valence-electron chi connectivity index (χ0n) is 6.94. The monoisotopic (exact) mass is 222 g/mol. The van der Waals surface area contributed by atoms with Gasteiger partial charge in [-0.15, -0.1) is 0 Å². The zero-order valence-corrected chi connectivity index (χ0v) is 6.94. The van der Waals surface area contributed by atoms with E-state index < -0.39 is 30.8 Å². The average molecular weight is 222 g/mol. The van der Waals surface area contributed by atoms with E-state index in [4.69, 9.17) is 5.11 Å². The molecule has 8 heteroatoms. The highest BCUT2D eigenvalue weighted by Crippen LogP contribution is 2.24. The predicted octanol–water partition coefficient (Wildman–Crippen LogP) is 1.67. The van der Waals surface area contributed by atoms with Crippen LogP contribution in [0.1, 0.15) is 6.92 Å². The van der Waals surface area contributed by atoms with Crippen LogP contribution in [0.3, 0.4) is 0 Å². The van der Waals surface area contributed by atoms with Gasteiger partial charge in [-0.25, -0.2) is 4.79 Å². The Kier molecular flexibility index (Phi) is 3.81. The minimum atomic E-state index is -4.78. The highest BCUT2D eigenvalue weighted by atomic mass is 19.4. The third kappa shape index (κ3) is 3.86. The van der Waals surface area contributed by atoms with Crippen LogP contribution in [-0.2, 0) is 9.53 Å². The zero-order chi connectivity index (χ0) is 11.6. The lowest BCUT2D eigenvalue weighted by molar-refractivity contribution is -0.232. The first-order valence-electron chi connectivity index (χ1n) is 3.37. The Morgan fingerprint density at radius 1 is 1.36 bits per heavy atom. The summed E-state index contributed by atoms with van der Waals surface area (Å²) in [5.41, 5.74) is 0. The summed E-state index contributed by atoms with van der Waals surface area (Å²) < 4.78 is 63.2. The number of hydrogen-bond donors (Lipinski definition) is 1. The molecule has 0 aliphatic heterocycles. The lowest BCUT2D eigenvalue weighted by Gasteiger charge is -2.18. The molecule has 0 aromatic heterocycles. The van der Waals surface area contributed by atoms with Gasteiger partial charge in [0.1, 0.15) is 6.61 Å². The highest BCUT2D eigenvalue weighted by molar-refractivity contribution is 5.75. The van der Waals surface area contributed by atoms with Crippen molar-refractivity contribution in [3.05, 3.63) is 0 Å². The van der Waals surface area contributed by atoms with Crippen molar-refractivity contribution in [3.63, 3.8) is 0 Å². The van der Waals surface area contributed by atoms with Gasteiger partial charge < -0.3 is 9.84 Å². The molecule has 0 heterocycles. The van der Waals surface area contributed by atoms with Crippen molar-refractivity contribution < 1.29 is 36.6 Å². The van der Waals surface area contributed by atoms with Crippen LogP contribution in [0.15, 0.2) is 0 Å². The van der Waals surface area contributed by atoms with Crippen molar-refractivity contribution in [1.29, 1.82) is 0 Å². The summed E-state index contributed by atoms with van der Waals surface area (Å²) in [6, 6.07) is 0. The quantitative estimate of drug-likeness (QED) is 0.736. The molecule has 0 fully saturated rings. The standard InChI is InChI=1S/C6H7F5O3/c1-3(6(9,10)11)14-2-5(7,8)4(12)13/h3H,2H2,1H3,(H,12,13). The first-order valence-corrected chi connectivity index (χ1v) is 3.37. The lowest BCUT2D eigenvalue weighted by Crippen LogP contribution is -2.38. The summed E-state index contributed by atoms with van der Waals surface area (Å²) in [5, 5.41) is 7.85. The number of rotatable bonds is 4. The fraction of sp³-hybridized carbons (Fsp3) is 0.833. The van der Waals surface area contributed by atoms with Crippen LogP contribution < -0.4 is 0 Å². The number of ether oxygens (including phenoxy) is 1. The highest BCUT2D eigenvalue weighted by Gasteiger charge is 2.43. The molecule has 0 bridgehead atoms. The number of alkyl halides is 5. The van der Waals surface area contributed by atoms with Gasteiger partial charge in [-0.05, 0) is 6.92 Å². The third-order valence-electron chi connectivity index (χ3n) is 1.29. The van der Waals surface area contributed by atoms with E-state index in [-0.39, 0.29) is 0 Å². The van der Waals surface area contributed by atoms with Crippen LogP contribution in [0, 0.1) is 0 Å². The van der Waals surface area contributed by atoms with Crippen molar-refractivity contribution in [1.82, 2.24) is 0 Å². The molecule has 0 spiro atoms. The second-order valence-corrected chi connectivity index (χ2v) is 2.50. The number of hydrogen-bond acceptors (Lipinski definition) is 2. The van der Waals surface area contributed by atoms with Gasteiger partial charge in [0.05, 0.1) is 0 Å². The number of carboxylic acids is 1. The molecule has 3 nitrogen and oxygen atoms in total. The van der Waals surface area contributed by atoms with Crippen LogP contribution in [0.5, 0.6) is 0 Å². The van der Waals surface area contributed by atoms with Crippen molar-refractivity contribution in [3.8, 4) is 0 Å². The number of halogens is 5. The van der Waals surface area contributed by atoms with Crippen molar-refractivity contribution >= 4 is 5.97 Å². The predicted molar refractivity (Wildman–Crippen MR) is 34.1 cm³/mol. The van der Waals surface area contributed by atoms with Gasteiger partial charge in [0.2, 0.25) is 0 Å². The topological polar surface area (TPSA) is 46.5 Å². The second kappa shape index (κ2) is 4.07. The van der Waals surface area contributed by atoms with Crippen molar-refractivity contribution in [2.45, 2.75) is 25.1 Å². The Hall–Kier alpha value is -0.920. The van der Waals surface area contributed by atoms with Crippen LogP contribution >= 0.6 is 0 Å². The molecule has 1 N–H and O–H groups in total. The van der Waals surface area contributed by atoms with Gasteiger partial charge in [0.25, 0.3) is 0 Å². The third-order valence-corrected chi connectivity index (χ3v) is 1.29. The molecular formula is C6H7F5O3. The van der Waals surface area contributed by atoms with Gasteiger partial charge in [0.15, 0.2) is 6.10 Å². The maximum Gasteiger partial charge on any atom is 0.414 e. The van der Waals surface area contributed by atoms with Crippen LogP contribution in [0.25, 0.3) is 0 Å². The Morgan fingerprint density at radius 2 is 1.79 bits per heavy atom. The Balaban J connectivity index is 4.13. The molecule has 1 atom stereocenters. The Bertz CT molecular complexity index is 212. The van der Waals surface area contributed by atoms with Gasteiger partial charge >= 0.3 is 18.1 Å². The van der Waals surface area contributed by atoms with E-state index in [0.29, 0.717) is 6.92 Å². The summed E-state index contributed by atoms with van der Waals surface area (Å²) >= 11 is 0. The molecule has 0 aliphatic carbocycles. The molecular weight excluding hydrogens is 215 g/mol. The molecule has 0 aliphatic rings. The number of aliphatic carboxylic acids is 1. The molecule has 0 radical (unpaired) electrons. The van der Waals surface area contributed by atoms with E-state index in [1.807, 2.05) is 0 Å². The van der Waals surface area contributed by atoms with Gasteiger partial charge in [0, 0.05) is 0 Å². The largest absolute Gasteiger partial charge is 0.477 e. The minimum absolute atomic E-state index is 0.512. The minimum Gasteiger partial charge on any atom is -0.477 e. The van der Waals surface area contributed by atoms with Crippen LogP contribution in [0.4, 0.5) is 22.0 Å². The van der Waals surface area contributed by atoms with Crippen LogP contribution in [0.2, 0.25) is 0 Å². The van der Waals surface area contributed by atoms with Gasteiger partial charge in [-0.2, -0.15) is 22.0 Å². The Labute approximate surface area is 75.5 Å². The average Bonchev–Trinajstić information content (AvgIpc) is 1.98. The normalized spacial score (nSPS) is 15.3. The van der Waals surface area contributed by atoms with Gasteiger partial charge in [-0.1, -0.05) is 0 Å². The van der Waals surface area contributed by atoms with E-state index in [0.717, 1.165) is 0 Å². The number of carboxylic acid groups (broad SMARTS) is 1. The molecule has 84 valence electrons. The van der Waals surface area contributed by atoms with Crippen LogP contribution in [-0.4, -0.2) is 35.9 Å². The van der Waals surface area contributed by atoms with E-state index in [9.17, 15) is 26.7 Å². The second-order valence-electron chi connectivity index (χ2n) is 2.50. The van der Waals surface area contributed by atoms with Gasteiger partial charge in [-0.3, -0.25) is 0 Å². The maximum atomic E-state index is 12.2. The van der Waals surface area contributed by atoms with E-state index in [2.05, 4.69) is 4.74 Å². The summed E-state index contributed by atoms with van der Waals surface area (Å²) in [7, 11) is 0. The summed E-state index contributed by atoms with van der Waals surface area (Å²) in [5.74, 6) is -6.83. The van der Waals surface area contributed by atoms with Crippen molar-refractivity contribution in [2.24, 2.45) is 0 Å². The fourth-order valence-corrected chi connectivity index (χ4v) is 0.386. The molecule has 14 heavy (non-hydrogen) atoms. The summed E-state index contributed by atoms with van der Waals surface area (Å²) in [6.07, 6.45) is -7.21. The summed E-state index contributed by atoms with van der Waals surface area (Å²) in [6.45, 7) is -1.29. The molecule has 0 saturated heterocycles. The summed E-state index contributed by atoms with van der Waals surface area (Å²) in [4.78, 5) is 9.77. The molecule has 0 aromatic carbocycles. The van der Waals surface area contributed by atoms with E-state index in [1.165, 1.54) is 0 Å². The molecule has 0 aromatic rings. The lowest BCUT2D eigenvalue weighted by atomic mass is 10.3. The smallest absolute Gasteiger partial charge is 0.414 e. The molecule has 0 saturated carbocycles. The first-order chi connectivity index (χ1) is 6.07. The first kappa shape index (κ1) is 13.1. The maximum absolute atomic E-state index is 12.2. The SMILES string of the molecule is CC(OCC(F)(F)C(=O)O)C(F)(F)F. The number of carbonyl (C=O) groups is 1. The molecule has 0 amide bonds. The van der Waals surface area contributed by atoms with E-state index in [1.54, 1.807) is 0 Å².